The first-order chi connectivity index (χ1) is 7.52. The number of nitrogens with one attached hydrogen (secondary N) is 1. The molecular formula is C11H11BrClNO2. The summed E-state index contributed by atoms with van der Waals surface area (Å²) in [5.41, 5.74) is 1.15. The Hall–Kier alpha value is -1.00. The van der Waals surface area contributed by atoms with Gasteiger partial charge in [0.05, 0.1) is 15.2 Å². The average Bonchev–Trinajstić information content (AvgIpc) is 2.24. The smallest absolute Gasteiger partial charge is 0.331 e. The summed E-state index contributed by atoms with van der Waals surface area (Å²) >= 11 is 9.25. The minimum absolute atomic E-state index is 0.311. The Bertz CT molecular complexity index is 432. The number of hydrogen-bond donors (Lipinski definition) is 2. The normalized spacial score (nSPS) is 11.3. The number of carbonyl (C=O) groups is 1. The van der Waals surface area contributed by atoms with Crippen LogP contribution >= 0.6 is 27.5 Å². The SMILES string of the molecule is C/C(=C/CNc1cccc(Cl)c1Br)C(=O)O. The van der Waals surface area contributed by atoms with Crippen LogP contribution in [-0.2, 0) is 4.79 Å². The van der Waals surface area contributed by atoms with Crippen LogP contribution in [0.1, 0.15) is 6.92 Å². The quantitative estimate of drug-likeness (QED) is 0.836. The largest absolute Gasteiger partial charge is 0.478 e. The summed E-state index contributed by atoms with van der Waals surface area (Å²) < 4.78 is 0.776. The Labute approximate surface area is 107 Å². The summed E-state index contributed by atoms with van der Waals surface area (Å²) in [5, 5.41) is 12.3. The van der Waals surface area contributed by atoms with Crippen molar-refractivity contribution < 1.29 is 9.90 Å². The average molecular weight is 305 g/mol. The predicted octanol–water partition coefficient (Wildman–Crippen LogP) is 3.55. The van der Waals surface area contributed by atoms with E-state index in [9.17, 15) is 4.79 Å². The van der Waals surface area contributed by atoms with E-state index in [4.69, 9.17) is 16.7 Å². The molecule has 0 aliphatic heterocycles. The van der Waals surface area contributed by atoms with Gasteiger partial charge in [-0.25, -0.2) is 4.79 Å². The Kier molecular flexibility index (Phi) is 4.83. The lowest BCUT2D eigenvalue weighted by atomic mass is 10.2. The fourth-order valence-corrected chi connectivity index (χ4v) is 1.62. The molecular weight excluding hydrogens is 293 g/mol. The van der Waals surface area contributed by atoms with Gasteiger partial charge in [-0.2, -0.15) is 0 Å². The molecule has 0 aliphatic rings. The van der Waals surface area contributed by atoms with E-state index in [0.717, 1.165) is 10.2 Å². The van der Waals surface area contributed by atoms with E-state index >= 15 is 0 Å². The summed E-state index contributed by atoms with van der Waals surface area (Å²) in [6, 6.07) is 5.46. The number of hydrogen-bond acceptors (Lipinski definition) is 2. The second kappa shape index (κ2) is 5.92. The maximum Gasteiger partial charge on any atom is 0.331 e. The zero-order valence-electron chi connectivity index (χ0n) is 8.63. The van der Waals surface area contributed by atoms with Crippen molar-refractivity contribution in [3.63, 3.8) is 0 Å². The molecule has 0 saturated carbocycles. The highest BCUT2D eigenvalue weighted by Gasteiger charge is 2.02. The highest BCUT2D eigenvalue weighted by Crippen LogP contribution is 2.29. The van der Waals surface area contributed by atoms with Gasteiger partial charge in [0.25, 0.3) is 0 Å². The minimum atomic E-state index is -0.910. The first kappa shape index (κ1) is 13.1. The molecule has 0 amide bonds. The molecule has 0 unspecified atom stereocenters. The van der Waals surface area contributed by atoms with E-state index in [2.05, 4.69) is 21.2 Å². The summed E-state index contributed by atoms with van der Waals surface area (Å²) in [5.74, 6) is -0.910. The van der Waals surface area contributed by atoms with Crippen molar-refractivity contribution in [3.8, 4) is 0 Å². The van der Waals surface area contributed by atoms with Crippen LogP contribution < -0.4 is 5.32 Å². The zero-order chi connectivity index (χ0) is 12.1. The third kappa shape index (κ3) is 3.54. The van der Waals surface area contributed by atoms with E-state index in [1.807, 2.05) is 12.1 Å². The lowest BCUT2D eigenvalue weighted by Gasteiger charge is -2.07. The van der Waals surface area contributed by atoms with Crippen molar-refractivity contribution in [1.82, 2.24) is 0 Å². The number of rotatable bonds is 4. The van der Waals surface area contributed by atoms with Crippen molar-refractivity contribution >= 4 is 39.2 Å². The first-order valence-electron chi connectivity index (χ1n) is 4.60. The first-order valence-corrected chi connectivity index (χ1v) is 5.77. The highest BCUT2D eigenvalue weighted by atomic mass is 79.9. The molecule has 5 heteroatoms. The molecule has 16 heavy (non-hydrogen) atoms. The summed E-state index contributed by atoms with van der Waals surface area (Å²) in [6.45, 7) is 1.99. The topological polar surface area (TPSA) is 49.3 Å². The van der Waals surface area contributed by atoms with Crippen molar-refractivity contribution in [2.45, 2.75) is 6.92 Å². The predicted molar refractivity (Wildman–Crippen MR) is 69.0 cm³/mol. The molecule has 0 aromatic heterocycles. The van der Waals surface area contributed by atoms with E-state index < -0.39 is 5.97 Å². The summed E-state index contributed by atoms with van der Waals surface area (Å²) in [4.78, 5) is 10.5. The standard InChI is InChI=1S/C11H11BrClNO2/c1-7(11(15)16)5-6-14-9-4-2-3-8(13)10(9)12/h2-5,14H,6H2,1H3,(H,15,16)/b7-5-. The van der Waals surface area contributed by atoms with E-state index in [1.54, 1.807) is 19.1 Å². The Balaban J connectivity index is 2.66. The fourth-order valence-electron chi connectivity index (χ4n) is 1.04. The Morgan fingerprint density at radius 3 is 2.94 bits per heavy atom. The van der Waals surface area contributed by atoms with Gasteiger partial charge in [-0.1, -0.05) is 23.7 Å². The van der Waals surface area contributed by atoms with Crippen molar-refractivity contribution in [3.05, 3.63) is 39.3 Å². The number of carboxylic acid groups (broad SMARTS) is 1. The molecule has 0 fully saturated rings. The number of anilines is 1. The number of aliphatic carboxylic acids is 1. The summed E-state index contributed by atoms with van der Waals surface area (Å²) in [7, 11) is 0. The molecule has 1 aromatic rings. The van der Waals surface area contributed by atoms with Crippen molar-refractivity contribution in [1.29, 1.82) is 0 Å². The van der Waals surface area contributed by atoms with Gasteiger partial charge in [0, 0.05) is 12.1 Å². The molecule has 3 nitrogen and oxygen atoms in total. The molecule has 1 rings (SSSR count). The zero-order valence-corrected chi connectivity index (χ0v) is 11.0. The van der Waals surface area contributed by atoms with Gasteiger partial charge in [-0.15, -0.1) is 0 Å². The third-order valence-corrected chi connectivity index (χ3v) is 3.39. The van der Waals surface area contributed by atoms with Crippen molar-refractivity contribution in [2.24, 2.45) is 0 Å². The molecule has 1 aromatic carbocycles. The molecule has 86 valence electrons. The second-order valence-electron chi connectivity index (χ2n) is 3.17. The van der Waals surface area contributed by atoms with Gasteiger partial charge in [0.1, 0.15) is 0 Å². The maximum absolute atomic E-state index is 10.5. The van der Waals surface area contributed by atoms with E-state index in [0.29, 0.717) is 17.1 Å². The molecule has 2 N–H and O–H groups in total. The fraction of sp³-hybridized carbons (Fsp3) is 0.182. The summed E-state index contributed by atoms with van der Waals surface area (Å²) in [6.07, 6.45) is 1.61. The van der Waals surface area contributed by atoms with Gasteiger partial charge in [-0.3, -0.25) is 0 Å². The second-order valence-corrected chi connectivity index (χ2v) is 4.37. The van der Waals surface area contributed by atoms with Crippen LogP contribution in [-0.4, -0.2) is 17.6 Å². The monoisotopic (exact) mass is 303 g/mol. The van der Waals surface area contributed by atoms with Crippen LogP contribution in [0.15, 0.2) is 34.3 Å². The molecule has 0 spiro atoms. The van der Waals surface area contributed by atoms with Gasteiger partial charge in [0.15, 0.2) is 0 Å². The molecule has 0 heterocycles. The maximum atomic E-state index is 10.5. The molecule has 0 bridgehead atoms. The van der Waals surface area contributed by atoms with Gasteiger partial charge in [-0.05, 0) is 35.0 Å². The molecule has 0 aliphatic carbocycles. The third-order valence-electron chi connectivity index (χ3n) is 1.99. The number of benzene rings is 1. The lowest BCUT2D eigenvalue weighted by molar-refractivity contribution is -0.132. The molecule has 0 radical (unpaired) electrons. The van der Waals surface area contributed by atoms with Crippen LogP contribution in [0.25, 0.3) is 0 Å². The van der Waals surface area contributed by atoms with Crippen LogP contribution in [0, 0.1) is 0 Å². The van der Waals surface area contributed by atoms with E-state index in [-0.39, 0.29) is 0 Å². The highest BCUT2D eigenvalue weighted by molar-refractivity contribution is 9.10. The lowest BCUT2D eigenvalue weighted by Crippen LogP contribution is -2.03. The molecule has 0 saturated heterocycles. The van der Waals surface area contributed by atoms with Crippen LogP contribution in [0.4, 0.5) is 5.69 Å². The minimum Gasteiger partial charge on any atom is -0.478 e. The van der Waals surface area contributed by atoms with Gasteiger partial charge >= 0.3 is 5.97 Å². The van der Waals surface area contributed by atoms with Gasteiger partial charge in [0.2, 0.25) is 0 Å². The van der Waals surface area contributed by atoms with Crippen LogP contribution in [0.3, 0.4) is 0 Å². The number of halogens is 2. The van der Waals surface area contributed by atoms with Crippen LogP contribution in [0.2, 0.25) is 5.02 Å². The Morgan fingerprint density at radius 2 is 2.31 bits per heavy atom. The molecule has 0 atom stereocenters. The Morgan fingerprint density at radius 1 is 1.62 bits per heavy atom. The van der Waals surface area contributed by atoms with Crippen molar-refractivity contribution in [2.75, 3.05) is 11.9 Å². The van der Waals surface area contributed by atoms with Gasteiger partial charge < -0.3 is 10.4 Å². The van der Waals surface area contributed by atoms with E-state index in [1.165, 1.54) is 0 Å². The van der Waals surface area contributed by atoms with Crippen LogP contribution in [0.5, 0.6) is 0 Å². The number of carboxylic acids is 1.